The fourth-order valence-electron chi connectivity index (χ4n) is 7.27. The van der Waals surface area contributed by atoms with Crippen molar-refractivity contribution in [1.29, 1.82) is 0 Å². The smallest absolute Gasteiger partial charge is 0.165 e. The Morgan fingerprint density at radius 3 is 1.76 bits per heavy atom. The number of aliphatic hydroxyl groups excluding tert-OH is 2. The molecule has 0 aromatic rings. The first-order valence-electron chi connectivity index (χ1n) is 16.2. The van der Waals surface area contributed by atoms with Crippen molar-refractivity contribution in [2.45, 2.75) is 118 Å². The zero-order valence-corrected chi connectivity index (χ0v) is 29.1. The van der Waals surface area contributed by atoms with Gasteiger partial charge in [-0.15, -0.1) is 0 Å². The Balaban J connectivity index is 1.53. The number of hydrogen-bond acceptors (Lipinski definition) is 5. The third-order valence-corrected chi connectivity index (χ3v) is 10.5. The molecule has 3 fully saturated rings. The minimum absolute atomic E-state index is 0.0501. The quantitative estimate of drug-likeness (QED) is 0.123. The maximum atomic E-state index is 13.0. The molecular formula is C40H56O5. The lowest BCUT2D eigenvalue weighted by molar-refractivity contribution is -0.127. The zero-order chi connectivity index (χ0) is 33.8. The molecule has 246 valence electrons. The molecule has 3 N–H and O–H groups in total. The molecule has 0 spiro atoms. The molecule has 5 heteroatoms. The van der Waals surface area contributed by atoms with Gasteiger partial charge in [0.2, 0.25) is 0 Å². The van der Waals surface area contributed by atoms with Gasteiger partial charge in [0.25, 0.3) is 0 Å². The van der Waals surface area contributed by atoms with Crippen molar-refractivity contribution >= 4 is 5.78 Å². The SMILES string of the molecule is CC(/C=C/C=C(C)/C=C/[C@@]12O[C@@H](CC1(C)C)C[C@@]2(C)O)=C\C=C\C=C(C)\C=C\C=C(C)\C(O)=C\C(=O)[C@]1(C)C[C@@H](O)CC1(C)C. The lowest BCUT2D eigenvalue weighted by Gasteiger charge is -2.46. The Bertz CT molecular complexity index is 1380. The maximum absolute atomic E-state index is 13.0. The van der Waals surface area contributed by atoms with Gasteiger partial charge in [0.05, 0.1) is 17.8 Å². The first kappa shape index (κ1) is 36.5. The third kappa shape index (κ3) is 8.06. The molecule has 2 heterocycles. The lowest BCUT2D eigenvalue weighted by atomic mass is 9.61. The highest BCUT2D eigenvalue weighted by atomic mass is 16.5. The monoisotopic (exact) mass is 616 g/mol. The molecule has 2 saturated heterocycles. The average molecular weight is 617 g/mol. The second kappa shape index (κ2) is 13.8. The van der Waals surface area contributed by atoms with Gasteiger partial charge in [-0.05, 0) is 70.9 Å². The van der Waals surface area contributed by atoms with Gasteiger partial charge in [0.1, 0.15) is 11.4 Å². The van der Waals surface area contributed by atoms with Crippen molar-refractivity contribution in [2.75, 3.05) is 0 Å². The third-order valence-electron chi connectivity index (χ3n) is 10.5. The van der Waals surface area contributed by atoms with Crippen LogP contribution >= 0.6 is 0 Å². The molecule has 1 aliphatic carbocycles. The van der Waals surface area contributed by atoms with Crippen LogP contribution in [0, 0.1) is 16.2 Å². The molecule has 0 unspecified atom stereocenters. The maximum Gasteiger partial charge on any atom is 0.165 e. The summed E-state index contributed by atoms with van der Waals surface area (Å²) in [6.07, 6.45) is 27.4. The number of allylic oxidation sites excluding steroid dienone is 16. The van der Waals surface area contributed by atoms with Crippen molar-refractivity contribution in [2.24, 2.45) is 16.2 Å². The van der Waals surface area contributed by atoms with E-state index in [0.717, 1.165) is 23.1 Å². The van der Waals surface area contributed by atoms with Crippen LogP contribution in [0.2, 0.25) is 0 Å². The fraction of sp³-hybridized carbons (Fsp3) is 0.525. The Kier molecular flexibility index (Phi) is 11.2. The highest BCUT2D eigenvalue weighted by Crippen LogP contribution is 2.60. The topological polar surface area (TPSA) is 87.0 Å². The largest absolute Gasteiger partial charge is 0.508 e. The van der Waals surface area contributed by atoms with Gasteiger partial charge in [-0.3, -0.25) is 4.79 Å². The van der Waals surface area contributed by atoms with Crippen molar-refractivity contribution in [1.82, 2.24) is 0 Å². The van der Waals surface area contributed by atoms with Crippen LogP contribution in [0.1, 0.15) is 94.9 Å². The molecule has 5 nitrogen and oxygen atoms in total. The summed E-state index contributed by atoms with van der Waals surface area (Å²) < 4.78 is 6.30. The number of ether oxygens (including phenoxy) is 1. The molecule has 2 bridgehead atoms. The van der Waals surface area contributed by atoms with Crippen LogP contribution in [-0.4, -0.2) is 44.5 Å². The van der Waals surface area contributed by atoms with E-state index in [4.69, 9.17) is 4.74 Å². The van der Waals surface area contributed by atoms with E-state index < -0.39 is 22.7 Å². The summed E-state index contributed by atoms with van der Waals surface area (Å²) >= 11 is 0. The highest BCUT2D eigenvalue weighted by Gasteiger charge is 2.67. The van der Waals surface area contributed by atoms with Crippen LogP contribution in [0.3, 0.4) is 0 Å². The molecule has 3 rings (SSSR count). The number of rotatable bonds is 11. The van der Waals surface area contributed by atoms with E-state index in [1.54, 1.807) is 13.0 Å². The average Bonchev–Trinajstić information content (AvgIpc) is 3.42. The molecule has 3 aliphatic rings. The Morgan fingerprint density at radius 1 is 0.711 bits per heavy atom. The second-order valence-electron chi connectivity index (χ2n) is 15.2. The van der Waals surface area contributed by atoms with Crippen LogP contribution in [-0.2, 0) is 9.53 Å². The minimum atomic E-state index is -0.866. The number of ketones is 1. The molecule has 5 atom stereocenters. The van der Waals surface area contributed by atoms with Crippen molar-refractivity contribution in [3.63, 3.8) is 0 Å². The standard InChI is InChI=1S/C40H56O5/c1-28(17-13-18-30(3)21-22-40-37(7,8)26-33(45-40)27-39(40,10)44)15-11-12-16-29(2)19-14-20-31(4)34(42)23-35(43)38(9)25-32(41)24-36(38,5)6/h11-23,32-33,41-42,44H,24-27H2,1-10H3/b12-11+,17-13+,19-14+,22-21+,28-15+,29-16+,30-18+,31-20+,34-23-/t32-,33-,38-,39+,40+/m0/s1. The fourth-order valence-corrected chi connectivity index (χ4v) is 7.27. The van der Waals surface area contributed by atoms with Crippen LogP contribution in [0.25, 0.3) is 0 Å². The van der Waals surface area contributed by atoms with E-state index in [9.17, 15) is 20.1 Å². The molecular weight excluding hydrogens is 560 g/mol. The van der Waals surface area contributed by atoms with E-state index >= 15 is 0 Å². The summed E-state index contributed by atoms with van der Waals surface area (Å²) in [5.41, 5.74) is 1.16. The number of carbonyl (C=O) groups is 1. The van der Waals surface area contributed by atoms with Crippen LogP contribution in [0.5, 0.6) is 0 Å². The minimum Gasteiger partial charge on any atom is -0.508 e. The Morgan fingerprint density at radius 2 is 1.24 bits per heavy atom. The van der Waals surface area contributed by atoms with Gasteiger partial charge in [-0.25, -0.2) is 0 Å². The van der Waals surface area contributed by atoms with Gasteiger partial charge in [-0.2, -0.15) is 0 Å². The zero-order valence-electron chi connectivity index (χ0n) is 29.1. The summed E-state index contributed by atoms with van der Waals surface area (Å²) in [5.74, 6) is -0.202. The first-order chi connectivity index (χ1) is 20.8. The summed E-state index contributed by atoms with van der Waals surface area (Å²) in [7, 11) is 0. The first-order valence-corrected chi connectivity index (χ1v) is 16.2. The molecule has 2 aliphatic heterocycles. The van der Waals surface area contributed by atoms with Gasteiger partial charge >= 0.3 is 0 Å². The predicted molar refractivity (Wildman–Crippen MR) is 186 cm³/mol. The molecule has 0 aromatic heterocycles. The second-order valence-corrected chi connectivity index (χ2v) is 15.2. The Hall–Kier alpha value is -2.99. The van der Waals surface area contributed by atoms with Crippen LogP contribution in [0.4, 0.5) is 0 Å². The van der Waals surface area contributed by atoms with Gasteiger partial charge in [0, 0.05) is 23.3 Å². The van der Waals surface area contributed by atoms with Crippen molar-refractivity contribution in [3.8, 4) is 0 Å². The molecule has 1 saturated carbocycles. The van der Waals surface area contributed by atoms with E-state index in [1.165, 1.54) is 6.08 Å². The predicted octanol–water partition coefficient (Wildman–Crippen LogP) is 8.90. The van der Waals surface area contributed by atoms with Gasteiger partial charge in [0.15, 0.2) is 5.78 Å². The summed E-state index contributed by atoms with van der Waals surface area (Å²) in [6.45, 7) is 20.0. The van der Waals surface area contributed by atoms with Crippen LogP contribution < -0.4 is 0 Å². The van der Waals surface area contributed by atoms with E-state index in [0.29, 0.717) is 24.8 Å². The van der Waals surface area contributed by atoms with E-state index in [-0.39, 0.29) is 28.5 Å². The lowest BCUT2D eigenvalue weighted by Crippen LogP contribution is -2.56. The van der Waals surface area contributed by atoms with Crippen LogP contribution in [0.15, 0.2) is 107 Å². The van der Waals surface area contributed by atoms with E-state index in [1.807, 2.05) is 77.2 Å². The highest BCUT2D eigenvalue weighted by molar-refractivity contribution is 5.96. The molecule has 0 aromatic carbocycles. The summed E-state index contributed by atoms with van der Waals surface area (Å²) in [6, 6.07) is 0. The number of fused-ring (bicyclic) bond motifs is 2. The number of hydrogen-bond donors (Lipinski definition) is 3. The van der Waals surface area contributed by atoms with Crippen molar-refractivity contribution < 1.29 is 24.9 Å². The van der Waals surface area contributed by atoms with Crippen molar-refractivity contribution in [3.05, 3.63) is 107 Å². The Labute approximate surface area is 271 Å². The van der Waals surface area contributed by atoms with Gasteiger partial charge < -0.3 is 20.1 Å². The molecule has 45 heavy (non-hydrogen) atoms. The molecule has 0 amide bonds. The number of carbonyl (C=O) groups excluding carboxylic acids is 1. The van der Waals surface area contributed by atoms with Gasteiger partial charge in [-0.1, -0.05) is 118 Å². The summed E-state index contributed by atoms with van der Waals surface area (Å²) in [4.78, 5) is 13.0. The molecule has 0 radical (unpaired) electrons. The number of aliphatic hydroxyl groups is 3. The van der Waals surface area contributed by atoms with E-state index in [2.05, 4.69) is 52.0 Å². The normalized spacial score (nSPS) is 34.4. The summed E-state index contributed by atoms with van der Waals surface area (Å²) in [5, 5.41) is 31.7.